The highest BCUT2D eigenvalue weighted by Gasteiger charge is 2.30. The summed E-state index contributed by atoms with van der Waals surface area (Å²) >= 11 is 1.63. The van der Waals surface area contributed by atoms with Crippen LogP contribution in [0.25, 0.3) is 5.69 Å². The van der Waals surface area contributed by atoms with Gasteiger partial charge in [0, 0.05) is 31.2 Å². The van der Waals surface area contributed by atoms with Crippen LogP contribution in [0, 0.1) is 11.8 Å². The Hall–Kier alpha value is -3.95. The standard InChI is InChI=1S/C31H32F3N5O3S/c32-31(33,34)21-10-12-22(13-11-21)42-19-4-3-16-36-17-14-28(40)38-18-15-26-24(20-38)29(41)39(27-9-2-1-8-25(27)35)30(37-26)43-23-6-5-7-23/h1-2,8-13,23,36H,5-7,14-20,35H2. The van der Waals surface area contributed by atoms with E-state index < -0.39 is 11.7 Å². The van der Waals surface area contributed by atoms with Crippen LogP contribution in [0.4, 0.5) is 18.9 Å². The van der Waals surface area contributed by atoms with Gasteiger partial charge in [-0.15, -0.1) is 0 Å². The van der Waals surface area contributed by atoms with Crippen molar-refractivity contribution in [1.82, 2.24) is 19.8 Å². The molecule has 2 heterocycles. The molecule has 0 spiro atoms. The fourth-order valence-corrected chi connectivity index (χ4v) is 6.08. The average molecular weight is 612 g/mol. The molecular formula is C31H32F3N5O3S. The van der Waals surface area contributed by atoms with Crippen molar-refractivity contribution in [2.24, 2.45) is 0 Å². The molecule has 1 aliphatic heterocycles. The van der Waals surface area contributed by atoms with Gasteiger partial charge in [0.05, 0.1) is 41.3 Å². The molecule has 3 N–H and O–H groups in total. The van der Waals surface area contributed by atoms with Gasteiger partial charge in [0.2, 0.25) is 5.91 Å². The molecule has 1 fully saturated rings. The van der Waals surface area contributed by atoms with Crippen LogP contribution in [0.1, 0.15) is 42.5 Å². The number of halogens is 3. The highest BCUT2D eigenvalue weighted by molar-refractivity contribution is 7.99. The molecule has 2 aromatic carbocycles. The molecule has 12 heteroatoms. The van der Waals surface area contributed by atoms with Crippen LogP contribution in [-0.4, -0.2) is 51.8 Å². The fourth-order valence-electron chi connectivity index (χ4n) is 4.77. The molecule has 5 rings (SSSR count). The van der Waals surface area contributed by atoms with E-state index in [1.165, 1.54) is 18.6 Å². The lowest BCUT2D eigenvalue weighted by Gasteiger charge is -2.30. The smallest absolute Gasteiger partial charge is 0.416 e. The number of hydrogen-bond acceptors (Lipinski definition) is 7. The van der Waals surface area contributed by atoms with Crippen molar-refractivity contribution in [3.8, 4) is 23.3 Å². The Balaban J connectivity index is 1.13. The van der Waals surface area contributed by atoms with Crippen LogP contribution < -0.4 is 21.3 Å². The van der Waals surface area contributed by atoms with Crippen molar-refractivity contribution in [3.63, 3.8) is 0 Å². The van der Waals surface area contributed by atoms with Gasteiger partial charge in [-0.25, -0.2) is 4.98 Å². The van der Waals surface area contributed by atoms with Crippen molar-refractivity contribution in [1.29, 1.82) is 0 Å². The molecule has 0 bridgehead atoms. The topological polar surface area (TPSA) is 102 Å². The van der Waals surface area contributed by atoms with Crippen molar-refractivity contribution in [2.75, 3.05) is 32.0 Å². The van der Waals surface area contributed by atoms with E-state index in [0.29, 0.717) is 59.1 Å². The molecule has 1 aliphatic carbocycles. The summed E-state index contributed by atoms with van der Waals surface area (Å²) in [5, 5.41) is 4.18. The molecule has 1 aromatic heterocycles. The molecule has 8 nitrogen and oxygen atoms in total. The number of para-hydroxylation sites is 2. The molecule has 0 atom stereocenters. The Morgan fingerprint density at radius 3 is 2.60 bits per heavy atom. The van der Waals surface area contributed by atoms with Crippen molar-refractivity contribution < 1.29 is 22.7 Å². The van der Waals surface area contributed by atoms with E-state index in [2.05, 4.69) is 17.2 Å². The summed E-state index contributed by atoms with van der Waals surface area (Å²) in [6, 6.07) is 11.7. The maximum atomic E-state index is 13.8. The van der Waals surface area contributed by atoms with Gasteiger partial charge in [-0.3, -0.25) is 14.2 Å². The maximum absolute atomic E-state index is 13.8. The number of rotatable bonds is 9. The minimum absolute atomic E-state index is 0.0280. The third kappa shape index (κ3) is 7.53. The van der Waals surface area contributed by atoms with Crippen LogP contribution in [0.2, 0.25) is 0 Å². The third-order valence-electron chi connectivity index (χ3n) is 7.40. The van der Waals surface area contributed by atoms with E-state index in [1.807, 2.05) is 18.2 Å². The first-order valence-corrected chi connectivity index (χ1v) is 15.0. The Kier molecular flexibility index (Phi) is 9.62. The normalized spacial score (nSPS) is 14.8. The summed E-state index contributed by atoms with van der Waals surface area (Å²) in [6.07, 6.45) is -0.267. The summed E-state index contributed by atoms with van der Waals surface area (Å²) in [5.41, 5.74) is 7.68. The first-order valence-electron chi connectivity index (χ1n) is 14.1. The van der Waals surface area contributed by atoms with Gasteiger partial charge in [0.15, 0.2) is 5.16 Å². The van der Waals surface area contributed by atoms with Crippen LogP contribution >= 0.6 is 11.8 Å². The number of hydrogen-bond donors (Lipinski definition) is 2. The van der Waals surface area contributed by atoms with Gasteiger partial charge in [-0.2, -0.15) is 13.2 Å². The minimum Gasteiger partial charge on any atom is -0.481 e. The number of benzene rings is 2. The number of thioether (sulfide) groups is 1. The number of carbonyl (C=O) groups is 1. The Labute approximate surface area is 251 Å². The molecule has 3 aromatic rings. The maximum Gasteiger partial charge on any atom is 0.416 e. The van der Waals surface area contributed by atoms with Gasteiger partial charge >= 0.3 is 6.18 Å². The first-order chi connectivity index (χ1) is 20.7. The second kappa shape index (κ2) is 13.6. The number of amides is 1. The molecule has 2 aliphatic rings. The molecule has 0 saturated heterocycles. The van der Waals surface area contributed by atoms with Gasteiger partial charge < -0.3 is 20.7 Å². The lowest BCUT2D eigenvalue weighted by molar-refractivity contribution is -0.137. The molecular weight excluding hydrogens is 579 g/mol. The zero-order valence-corrected chi connectivity index (χ0v) is 24.3. The van der Waals surface area contributed by atoms with Gasteiger partial charge in [0.1, 0.15) is 12.4 Å². The number of aromatic nitrogens is 2. The highest BCUT2D eigenvalue weighted by Crippen LogP contribution is 2.37. The summed E-state index contributed by atoms with van der Waals surface area (Å²) in [4.78, 5) is 33.4. The number of alkyl halides is 3. The molecule has 1 saturated carbocycles. The number of nitrogens with zero attached hydrogens (tertiary/aromatic N) is 3. The molecule has 0 radical (unpaired) electrons. The third-order valence-corrected chi connectivity index (χ3v) is 8.69. The van der Waals surface area contributed by atoms with E-state index in [9.17, 15) is 22.8 Å². The number of nitrogens with two attached hydrogens (primary N) is 1. The predicted octanol–water partition coefficient (Wildman–Crippen LogP) is 4.42. The number of carbonyl (C=O) groups excluding carboxylic acids is 1. The van der Waals surface area contributed by atoms with E-state index in [1.54, 1.807) is 27.3 Å². The van der Waals surface area contributed by atoms with E-state index in [4.69, 9.17) is 15.5 Å². The summed E-state index contributed by atoms with van der Waals surface area (Å²) < 4.78 is 44.9. The fraction of sp³-hybridized carbons (Fsp3) is 0.387. The minimum atomic E-state index is -4.39. The van der Waals surface area contributed by atoms with Crippen molar-refractivity contribution in [2.45, 2.75) is 55.2 Å². The number of ether oxygens (including phenoxy) is 1. The Morgan fingerprint density at radius 2 is 1.91 bits per heavy atom. The first kappa shape index (κ1) is 30.5. The number of nitrogen functional groups attached to an aromatic ring is 1. The van der Waals surface area contributed by atoms with Gasteiger partial charge in [-0.1, -0.05) is 42.2 Å². The Morgan fingerprint density at radius 1 is 1.14 bits per heavy atom. The second-order valence-corrected chi connectivity index (χ2v) is 11.6. The Bertz CT molecular complexity index is 1580. The van der Waals surface area contributed by atoms with Crippen molar-refractivity contribution in [3.05, 3.63) is 75.7 Å². The van der Waals surface area contributed by atoms with Crippen LogP contribution in [0.15, 0.2) is 58.5 Å². The number of nitrogens with one attached hydrogen (secondary N) is 1. The summed E-state index contributed by atoms with van der Waals surface area (Å²) in [7, 11) is 0. The number of fused-ring (bicyclic) bond motifs is 1. The van der Waals surface area contributed by atoms with Crippen LogP contribution in [0.5, 0.6) is 5.75 Å². The molecule has 0 unspecified atom stereocenters. The number of anilines is 1. The van der Waals surface area contributed by atoms with E-state index in [-0.39, 0.29) is 31.0 Å². The molecule has 1 amide bonds. The highest BCUT2D eigenvalue weighted by atomic mass is 32.2. The average Bonchev–Trinajstić information content (AvgIpc) is 2.96. The second-order valence-electron chi connectivity index (χ2n) is 10.3. The summed E-state index contributed by atoms with van der Waals surface area (Å²) in [5.74, 6) is 5.87. The zero-order valence-electron chi connectivity index (χ0n) is 23.5. The van der Waals surface area contributed by atoms with Gasteiger partial charge in [0.25, 0.3) is 5.56 Å². The lowest BCUT2D eigenvalue weighted by Crippen LogP contribution is -2.42. The lowest BCUT2D eigenvalue weighted by atomic mass is 10.0. The molecule has 43 heavy (non-hydrogen) atoms. The quantitative estimate of drug-likeness (QED) is 0.160. The largest absolute Gasteiger partial charge is 0.481 e. The van der Waals surface area contributed by atoms with Gasteiger partial charge in [-0.05, 0) is 49.2 Å². The van der Waals surface area contributed by atoms with E-state index in [0.717, 1.165) is 30.7 Å². The monoisotopic (exact) mass is 611 g/mol. The summed E-state index contributed by atoms with van der Waals surface area (Å²) in [6.45, 7) is 1.44. The SMILES string of the molecule is Nc1ccccc1-n1c(SC2CCC2)nc2c(c1=O)CN(C(=O)CCNCC#CCOc1ccc(C(F)(F)F)cc1)CC2. The van der Waals surface area contributed by atoms with Crippen LogP contribution in [0.3, 0.4) is 0 Å². The van der Waals surface area contributed by atoms with Crippen molar-refractivity contribution >= 4 is 23.4 Å². The molecule has 226 valence electrons. The van der Waals surface area contributed by atoms with E-state index >= 15 is 0 Å². The zero-order chi connectivity index (χ0) is 30.4. The van der Waals surface area contributed by atoms with Crippen LogP contribution in [-0.2, 0) is 23.9 Å². The predicted molar refractivity (Wildman–Crippen MR) is 159 cm³/mol.